The van der Waals surface area contributed by atoms with Crippen LogP contribution in [-0.4, -0.2) is 54.4 Å². The summed E-state index contributed by atoms with van der Waals surface area (Å²) in [6.45, 7) is 10.2. The van der Waals surface area contributed by atoms with E-state index >= 15 is 0 Å². The van der Waals surface area contributed by atoms with Gasteiger partial charge in [-0.1, -0.05) is 6.07 Å². The number of hydrogen-bond donors (Lipinski definition) is 0. The van der Waals surface area contributed by atoms with Crippen molar-refractivity contribution < 1.29 is 14.0 Å². The van der Waals surface area contributed by atoms with Crippen LogP contribution in [0.2, 0.25) is 0 Å². The molecule has 0 spiro atoms. The monoisotopic (exact) mass is 304 g/mol. The lowest BCUT2D eigenvalue weighted by molar-refractivity contribution is 0.00578. The molecule has 1 aromatic heterocycles. The maximum absolute atomic E-state index is 6.03. The second-order valence-corrected chi connectivity index (χ2v) is 7.31. The Balaban J connectivity index is 1.65. The molecule has 0 unspecified atom stereocenters. The Kier molecular flexibility index (Phi) is 3.95. The van der Waals surface area contributed by atoms with Gasteiger partial charge < -0.3 is 18.9 Å². The predicted molar refractivity (Wildman–Crippen MR) is 86.5 cm³/mol. The Morgan fingerprint density at radius 2 is 1.91 bits per heavy atom. The van der Waals surface area contributed by atoms with E-state index in [0.717, 1.165) is 25.0 Å². The number of likely N-dealkylation sites (tertiary alicyclic amines) is 1. The molecular weight excluding hydrogens is 279 g/mol. The van der Waals surface area contributed by atoms with E-state index < -0.39 is 0 Å². The van der Waals surface area contributed by atoms with E-state index in [2.05, 4.69) is 44.6 Å². The fraction of sp³-hybridized carbons (Fsp3) is 0.688. The average Bonchev–Trinajstić information content (AvgIpc) is 2.92. The Hall–Kier alpha value is -1.11. The first kappa shape index (κ1) is 15.8. The zero-order chi connectivity index (χ0) is 16.0. The maximum Gasteiger partial charge on any atom is 0.496 e. The SMILES string of the molecule is CN1CC[C@@H](Oc2ccc(B3OC(C)(C)C(C)(C)O3)cn2)C1. The van der Waals surface area contributed by atoms with Gasteiger partial charge in [0.1, 0.15) is 6.10 Å². The lowest BCUT2D eigenvalue weighted by Crippen LogP contribution is -2.41. The molecule has 0 amide bonds. The first-order valence-electron chi connectivity index (χ1n) is 7.94. The third-order valence-electron chi connectivity index (χ3n) is 4.92. The third kappa shape index (κ3) is 3.00. The van der Waals surface area contributed by atoms with Crippen molar-refractivity contribution in [2.75, 3.05) is 20.1 Å². The average molecular weight is 304 g/mol. The number of hydrogen-bond acceptors (Lipinski definition) is 5. The first-order valence-corrected chi connectivity index (χ1v) is 7.94. The number of pyridine rings is 1. The summed E-state index contributed by atoms with van der Waals surface area (Å²) in [6.07, 6.45) is 3.08. The summed E-state index contributed by atoms with van der Waals surface area (Å²) in [5, 5.41) is 0. The predicted octanol–water partition coefficient (Wildman–Crippen LogP) is 1.46. The van der Waals surface area contributed by atoms with Crippen molar-refractivity contribution in [1.82, 2.24) is 9.88 Å². The van der Waals surface area contributed by atoms with Gasteiger partial charge in [-0.05, 0) is 47.2 Å². The summed E-state index contributed by atoms with van der Waals surface area (Å²) in [7, 11) is 1.74. The van der Waals surface area contributed by atoms with Crippen LogP contribution in [0.3, 0.4) is 0 Å². The van der Waals surface area contributed by atoms with Crippen LogP contribution in [0, 0.1) is 0 Å². The summed E-state index contributed by atoms with van der Waals surface area (Å²) in [5.41, 5.74) is 0.261. The van der Waals surface area contributed by atoms with Crippen molar-refractivity contribution in [3.63, 3.8) is 0 Å². The third-order valence-corrected chi connectivity index (χ3v) is 4.92. The van der Waals surface area contributed by atoms with Gasteiger partial charge in [-0.3, -0.25) is 0 Å². The van der Waals surface area contributed by atoms with E-state index in [1.807, 2.05) is 12.1 Å². The highest BCUT2D eigenvalue weighted by Gasteiger charge is 2.51. The van der Waals surface area contributed by atoms with Crippen molar-refractivity contribution in [3.8, 4) is 5.88 Å². The highest BCUT2D eigenvalue weighted by molar-refractivity contribution is 6.62. The fourth-order valence-corrected chi connectivity index (χ4v) is 2.74. The van der Waals surface area contributed by atoms with E-state index in [9.17, 15) is 0 Å². The highest BCUT2D eigenvalue weighted by Crippen LogP contribution is 2.36. The highest BCUT2D eigenvalue weighted by atomic mass is 16.7. The van der Waals surface area contributed by atoms with Crippen LogP contribution in [0.1, 0.15) is 34.1 Å². The Labute approximate surface area is 133 Å². The summed E-state index contributed by atoms with van der Waals surface area (Å²) in [5.74, 6) is 0.667. The van der Waals surface area contributed by atoms with Gasteiger partial charge in [0.15, 0.2) is 0 Å². The van der Waals surface area contributed by atoms with Gasteiger partial charge in [0.25, 0.3) is 0 Å². The van der Waals surface area contributed by atoms with Crippen molar-refractivity contribution in [1.29, 1.82) is 0 Å². The van der Waals surface area contributed by atoms with Crippen LogP contribution >= 0.6 is 0 Å². The standard InChI is InChI=1S/C16H25BN2O3/c1-15(2)16(3,4)22-17(21-15)12-6-7-14(18-10-12)20-13-8-9-19(5)11-13/h6-7,10,13H,8-9,11H2,1-5H3/t13-/m1/s1. The number of rotatable bonds is 3. The molecule has 0 N–H and O–H groups in total. The van der Waals surface area contributed by atoms with Gasteiger partial charge in [-0.2, -0.15) is 0 Å². The summed E-state index contributed by atoms with van der Waals surface area (Å²) in [6, 6.07) is 3.88. The summed E-state index contributed by atoms with van der Waals surface area (Å²) >= 11 is 0. The molecule has 0 aliphatic carbocycles. The van der Waals surface area contributed by atoms with Gasteiger partial charge in [0.2, 0.25) is 5.88 Å². The Morgan fingerprint density at radius 1 is 1.23 bits per heavy atom. The molecule has 1 aromatic rings. The maximum atomic E-state index is 6.03. The second-order valence-electron chi connectivity index (χ2n) is 7.31. The largest absolute Gasteiger partial charge is 0.496 e. The molecule has 2 aliphatic heterocycles. The lowest BCUT2D eigenvalue weighted by Gasteiger charge is -2.32. The molecule has 1 atom stereocenters. The summed E-state index contributed by atoms with van der Waals surface area (Å²) in [4.78, 5) is 6.67. The molecule has 0 radical (unpaired) electrons. The Bertz CT molecular complexity index is 517. The molecule has 2 saturated heterocycles. The quantitative estimate of drug-likeness (QED) is 0.791. The minimum atomic E-state index is -0.371. The molecule has 120 valence electrons. The molecular formula is C16H25BN2O3. The molecule has 0 bridgehead atoms. The lowest BCUT2D eigenvalue weighted by atomic mass is 9.80. The van der Waals surface area contributed by atoms with Crippen molar-refractivity contribution in [3.05, 3.63) is 18.3 Å². The molecule has 22 heavy (non-hydrogen) atoms. The van der Waals surface area contributed by atoms with Gasteiger partial charge >= 0.3 is 7.12 Å². The van der Waals surface area contributed by atoms with Crippen LogP contribution in [-0.2, 0) is 9.31 Å². The van der Waals surface area contributed by atoms with E-state index in [4.69, 9.17) is 14.0 Å². The zero-order valence-corrected chi connectivity index (χ0v) is 14.1. The first-order chi connectivity index (χ1) is 10.3. The van der Waals surface area contributed by atoms with Crippen LogP contribution in [0.15, 0.2) is 18.3 Å². The molecule has 6 heteroatoms. The van der Waals surface area contributed by atoms with Gasteiger partial charge in [-0.25, -0.2) is 4.98 Å². The molecule has 3 rings (SSSR count). The van der Waals surface area contributed by atoms with Crippen LogP contribution < -0.4 is 10.2 Å². The van der Waals surface area contributed by atoms with Crippen molar-refractivity contribution >= 4 is 12.6 Å². The number of nitrogens with zero attached hydrogens (tertiary/aromatic N) is 2. The number of aromatic nitrogens is 1. The molecule has 0 saturated carbocycles. The smallest absolute Gasteiger partial charge is 0.473 e. The van der Waals surface area contributed by atoms with Gasteiger partial charge in [0, 0.05) is 24.7 Å². The van der Waals surface area contributed by atoms with E-state index in [0.29, 0.717) is 5.88 Å². The number of likely N-dealkylation sites (N-methyl/N-ethyl adjacent to an activating group) is 1. The topological polar surface area (TPSA) is 43.8 Å². The van der Waals surface area contributed by atoms with E-state index in [-0.39, 0.29) is 24.4 Å². The number of ether oxygens (including phenoxy) is 1. The van der Waals surface area contributed by atoms with Gasteiger partial charge in [0.05, 0.1) is 11.2 Å². The molecule has 0 aromatic carbocycles. The molecule has 3 heterocycles. The van der Waals surface area contributed by atoms with Crippen LogP contribution in [0.4, 0.5) is 0 Å². The molecule has 2 fully saturated rings. The normalized spacial score (nSPS) is 27.3. The minimum Gasteiger partial charge on any atom is -0.473 e. The molecule has 5 nitrogen and oxygen atoms in total. The molecule has 2 aliphatic rings. The minimum absolute atomic E-state index is 0.236. The van der Waals surface area contributed by atoms with Gasteiger partial charge in [-0.15, -0.1) is 0 Å². The zero-order valence-electron chi connectivity index (χ0n) is 14.1. The van der Waals surface area contributed by atoms with E-state index in [1.54, 1.807) is 6.20 Å². The van der Waals surface area contributed by atoms with Crippen LogP contribution in [0.5, 0.6) is 5.88 Å². The fourth-order valence-electron chi connectivity index (χ4n) is 2.74. The van der Waals surface area contributed by atoms with Crippen molar-refractivity contribution in [2.45, 2.75) is 51.4 Å². The second kappa shape index (κ2) is 5.51. The van der Waals surface area contributed by atoms with Crippen molar-refractivity contribution in [2.24, 2.45) is 0 Å². The van der Waals surface area contributed by atoms with Crippen LogP contribution in [0.25, 0.3) is 0 Å². The van der Waals surface area contributed by atoms with E-state index in [1.165, 1.54) is 0 Å². The summed E-state index contributed by atoms with van der Waals surface area (Å²) < 4.78 is 18.0. The Morgan fingerprint density at radius 3 is 2.41 bits per heavy atom.